The van der Waals surface area contributed by atoms with Crippen LogP contribution in [0.3, 0.4) is 0 Å². The van der Waals surface area contributed by atoms with Gasteiger partial charge in [-0.3, -0.25) is 4.79 Å². The highest BCUT2D eigenvalue weighted by molar-refractivity contribution is 9.10. The summed E-state index contributed by atoms with van der Waals surface area (Å²) in [5, 5.41) is 12.5. The lowest BCUT2D eigenvalue weighted by atomic mass is 9.94. The summed E-state index contributed by atoms with van der Waals surface area (Å²) < 4.78 is 14.4. The van der Waals surface area contributed by atoms with Crippen LogP contribution in [-0.4, -0.2) is 27.8 Å². The summed E-state index contributed by atoms with van der Waals surface area (Å²) in [6.45, 7) is 2.23. The number of hydrogen-bond donors (Lipinski definition) is 2. The molecular formula is C34H29BrClN5O3S. The molecule has 8 nitrogen and oxygen atoms in total. The van der Waals surface area contributed by atoms with E-state index in [1.165, 1.54) is 11.8 Å². The molecule has 0 fully saturated rings. The second-order valence-electron chi connectivity index (χ2n) is 10.2. The van der Waals surface area contributed by atoms with Crippen molar-refractivity contribution in [1.29, 1.82) is 0 Å². The van der Waals surface area contributed by atoms with Crippen molar-refractivity contribution in [3.63, 3.8) is 0 Å². The van der Waals surface area contributed by atoms with Crippen LogP contribution in [0.2, 0.25) is 5.02 Å². The highest BCUT2D eigenvalue weighted by atomic mass is 79.9. The molecule has 0 saturated heterocycles. The monoisotopic (exact) mass is 701 g/mol. The van der Waals surface area contributed by atoms with Gasteiger partial charge in [0, 0.05) is 22.2 Å². The molecule has 1 aliphatic rings. The van der Waals surface area contributed by atoms with Crippen LogP contribution in [0.4, 0.5) is 11.6 Å². The molecule has 4 aromatic carbocycles. The van der Waals surface area contributed by atoms with Crippen molar-refractivity contribution < 1.29 is 14.3 Å². The van der Waals surface area contributed by atoms with Gasteiger partial charge in [0.25, 0.3) is 5.91 Å². The molecule has 6 rings (SSSR count). The van der Waals surface area contributed by atoms with Gasteiger partial charge in [0.2, 0.25) is 11.1 Å². The van der Waals surface area contributed by atoms with Crippen LogP contribution in [0.25, 0.3) is 0 Å². The first-order chi connectivity index (χ1) is 21.9. The average molecular weight is 703 g/mol. The smallest absolute Gasteiger partial charge is 0.255 e. The highest BCUT2D eigenvalue weighted by Crippen LogP contribution is 2.43. The average Bonchev–Trinajstić information content (AvgIpc) is 3.46. The molecule has 0 radical (unpaired) electrons. The van der Waals surface area contributed by atoms with Gasteiger partial charge in [-0.05, 0) is 69.9 Å². The van der Waals surface area contributed by atoms with E-state index in [-0.39, 0.29) is 5.91 Å². The Bertz CT molecular complexity index is 1870. The minimum Gasteiger partial charge on any atom is -0.493 e. The zero-order valence-corrected chi connectivity index (χ0v) is 27.6. The van der Waals surface area contributed by atoms with Crippen molar-refractivity contribution in [2.24, 2.45) is 0 Å². The fourth-order valence-electron chi connectivity index (χ4n) is 5.04. The van der Waals surface area contributed by atoms with E-state index in [1.807, 2.05) is 104 Å². The Morgan fingerprint density at radius 3 is 2.49 bits per heavy atom. The van der Waals surface area contributed by atoms with Gasteiger partial charge in [-0.15, -0.1) is 5.10 Å². The molecule has 228 valence electrons. The maximum absolute atomic E-state index is 13.9. The minimum atomic E-state index is -0.625. The van der Waals surface area contributed by atoms with Gasteiger partial charge in [0.15, 0.2) is 11.5 Å². The Morgan fingerprint density at radius 1 is 1.04 bits per heavy atom. The fourth-order valence-corrected chi connectivity index (χ4v) is 6.73. The second-order valence-corrected chi connectivity index (χ2v) is 12.4. The number of carbonyl (C=O) groups excluding carboxylic acids is 1. The van der Waals surface area contributed by atoms with Crippen molar-refractivity contribution >= 4 is 56.8 Å². The molecular weight excluding hydrogens is 674 g/mol. The number of thioether (sulfide) groups is 1. The number of rotatable bonds is 10. The van der Waals surface area contributed by atoms with Crippen molar-refractivity contribution in [3.8, 4) is 11.5 Å². The first-order valence-electron chi connectivity index (χ1n) is 14.1. The number of nitrogens with one attached hydrogen (secondary N) is 2. The Kier molecular flexibility index (Phi) is 9.44. The Balaban J connectivity index is 1.38. The van der Waals surface area contributed by atoms with Crippen LogP contribution < -0.4 is 20.1 Å². The minimum absolute atomic E-state index is 0.262. The molecule has 0 spiro atoms. The van der Waals surface area contributed by atoms with E-state index in [4.69, 9.17) is 31.2 Å². The lowest BCUT2D eigenvalue weighted by Gasteiger charge is -2.29. The number of anilines is 2. The summed E-state index contributed by atoms with van der Waals surface area (Å²) in [6.07, 6.45) is 0. The third-order valence-corrected chi connectivity index (χ3v) is 9.06. The summed E-state index contributed by atoms with van der Waals surface area (Å²) in [5.41, 5.74) is 4.62. The van der Waals surface area contributed by atoms with E-state index in [0.717, 1.165) is 16.7 Å². The Labute approximate surface area is 278 Å². The van der Waals surface area contributed by atoms with Gasteiger partial charge in [0.05, 0.1) is 17.2 Å². The molecule has 11 heteroatoms. The molecule has 45 heavy (non-hydrogen) atoms. The molecule has 1 atom stereocenters. The summed E-state index contributed by atoms with van der Waals surface area (Å²) in [6, 6.07) is 30.2. The Hall–Kier alpha value is -4.25. The molecule has 2 N–H and O–H groups in total. The molecule has 0 bridgehead atoms. The van der Waals surface area contributed by atoms with E-state index in [1.54, 1.807) is 11.8 Å². The lowest BCUT2D eigenvalue weighted by Crippen LogP contribution is -2.31. The lowest BCUT2D eigenvalue weighted by molar-refractivity contribution is -0.113. The first-order valence-corrected chi connectivity index (χ1v) is 16.3. The van der Waals surface area contributed by atoms with Crippen LogP contribution in [0.15, 0.2) is 118 Å². The normalized spacial score (nSPS) is 14.0. The topological polar surface area (TPSA) is 90.3 Å². The number of methoxy groups -OCH3 is 1. The number of benzene rings is 4. The maximum atomic E-state index is 13.9. The summed E-state index contributed by atoms with van der Waals surface area (Å²) in [7, 11) is 1.60. The molecule has 0 aliphatic carbocycles. The van der Waals surface area contributed by atoms with E-state index in [2.05, 4.69) is 26.6 Å². The van der Waals surface area contributed by atoms with Crippen molar-refractivity contribution in [2.45, 2.75) is 30.5 Å². The summed E-state index contributed by atoms with van der Waals surface area (Å²) in [5.74, 6) is 1.93. The number of amides is 1. The molecule has 1 aromatic heterocycles. The number of para-hydroxylation sites is 1. The van der Waals surface area contributed by atoms with Gasteiger partial charge in [0.1, 0.15) is 12.6 Å². The van der Waals surface area contributed by atoms with Gasteiger partial charge in [-0.2, -0.15) is 4.98 Å². The van der Waals surface area contributed by atoms with E-state index in [9.17, 15) is 4.79 Å². The largest absolute Gasteiger partial charge is 0.493 e. The highest BCUT2D eigenvalue weighted by Gasteiger charge is 2.35. The molecule has 0 saturated carbocycles. The van der Waals surface area contributed by atoms with Gasteiger partial charge < -0.3 is 20.1 Å². The van der Waals surface area contributed by atoms with E-state index >= 15 is 0 Å². The number of halogens is 2. The van der Waals surface area contributed by atoms with E-state index in [0.29, 0.717) is 61.4 Å². The number of ether oxygens (including phenoxy) is 2. The molecule has 1 amide bonds. The van der Waals surface area contributed by atoms with Crippen molar-refractivity contribution in [2.75, 3.05) is 17.7 Å². The first kappa shape index (κ1) is 30.8. The van der Waals surface area contributed by atoms with Gasteiger partial charge in [-0.25, -0.2) is 4.68 Å². The number of aromatic nitrogens is 3. The predicted molar refractivity (Wildman–Crippen MR) is 182 cm³/mol. The maximum Gasteiger partial charge on any atom is 0.255 e. The fraction of sp³-hybridized carbons (Fsp3) is 0.147. The van der Waals surface area contributed by atoms with Crippen LogP contribution >= 0.6 is 39.3 Å². The molecule has 1 aliphatic heterocycles. The van der Waals surface area contributed by atoms with Gasteiger partial charge >= 0.3 is 0 Å². The third-order valence-electron chi connectivity index (χ3n) is 7.22. The zero-order chi connectivity index (χ0) is 31.3. The SMILES string of the molecule is COc1cc(C2C(C(=O)Nc3ccccc3)=C(C)Nc3nc(SCc4ccccc4Cl)nn32)cc(Br)c1OCc1ccccc1. The van der Waals surface area contributed by atoms with Crippen molar-refractivity contribution in [3.05, 3.63) is 135 Å². The second kappa shape index (κ2) is 13.8. The van der Waals surface area contributed by atoms with Crippen LogP contribution in [0, 0.1) is 0 Å². The number of nitrogens with zero attached hydrogens (tertiary/aromatic N) is 3. The van der Waals surface area contributed by atoms with E-state index < -0.39 is 6.04 Å². The van der Waals surface area contributed by atoms with Crippen LogP contribution in [-0.2, 0) is 17.2 Å². The molecule has 5 aromatic rings. The number of carbonyl (C=O) groups is 1. The quantitative estimate of drug-likeness (QED) is 0.141. The standard InChI is InChI=1S/C34H29BrClN5O3S/c1-21-29(32(42)38-25-14-7-4-8-15-25)30(41-33(37-21)39-34(40-41)45-20-23-13-9-10-16-27(23)36)24-17-26(35)31(28(18-24)43-2)44-19-22-11-5-3-6-12-22/h3-18,30H,19-20H2,1-2H3,(H,38,42)(H,37,39,40). The van der Waals surface area contributed by atoms with Crippen molar-refractivity contribution in [1.82, 2.24) is 14.8 Å². The van der Waals surface area contributed by atoms with Gasteiger partial charge in [-0.1, -0.05) is 90.1 Å². The summed E-state index contributed by atoms with van der Waals surface area (Å²) >= 11 is 11.6. The number of hydrogen-bond acceptors (Lipinski definition) is 7. The predicted octanol–water partition coefficient (Wildman–Crippen LogP) is 8.50. The molecule has 2 heterocycles. The summed E-state index contributed by atoms with van der Waals surface area (Å²) in [4.78, 5) is 18.7. The zero-order valence-electron chi connectivity index (χ0n) is 24.5. The number of allylic oxidation sites excluding steroid dienone is 1. The van der Waals surface area contributed by atoms with Crippen LogP contribution in [0.5, 0.6) is 11.5 Å². The third kappa shape index (κ3) is 6.88. The van der Waals surface area contributed by atoms with Crippen LogP contribution in [0.1, 0.15) is 29.7 Å². The number of fused-ring (bicyclic) bond motifs is 1. The Morgan fingerprint density at radius 2 is 1.76 bits per heavy atom. The molecule has 1 unspecified atom stereocenters.